The van der Waals surface area contributed by atoms with E-state index in [0.29, 0.717) is 23.9 Å². The van der Waals surface area contributed by atoms with E-state index >= 15 is 0 Å². The van der Waals surface area contributed by atoms with Crippen molar-refractivity contribution in [2.24, 2.45) is 10.9 Å². The fourth-order valence-corrected chi connectivity index (χ4v) is 2.28. The summed E-state index contributed by atoms with van der Waals surface area (Å²) in [4.78, 5) is 15.5. The van der Waals surface area contributed by atoms with Gasteiger partial charge in [0.2, 0.25) is 5.91 Å². The zero-order valence-corrected chi connectivity index (χ0v) is 15.4. The largest absolute Gasteiger partial charge is 0.495 e. The zero-order chi connectivity index (χ0) is 17.9. The van der Waals surface area contributed by atoms with Gasteiger partial charge in [-0.2, -0.15) is 0 Å². The molecular formula is C18H30N4O2. The van der Waals surface area contributed by atoms with Gasteiger partial charge in [-0.1, -0.05) is 19.9 Å². The van der Waals surface area contributed by atoms with Gasteiger partial charge in [0.15, 0.2) is 5.96 Å². The lowest BCUT2D eigenvalue weighted by molar-refractivity contribution is -0.114. The van der Waals surface area contributed by atoms with E-state index in [0.717, 1.165) is 24.5 Å². The van der Waals surface area contributed by atoms with Crippen LogP contribution < -0.4 is 20.7 Å². The van der Waals surface area contributed by atoms with Crippen molar-refractivity contribution in [1.82, 2.24) is 10.6 Å². The SMILES string of the molecule is CN=C(NCCCC(C)C)NCc1ccc(OC)c(NC(C)=O)c1. The Balaban J connectivity index is 2.57. The number of methoxy groups -OCH3 is 1. The van der Waals surface area contributed by atoms with Crippen LogP contribution in [0.3, 0.4) is 0 Å². The number of aliphatic imine (C=N–C) groups is 1. The summed E-state index contributed by atoms with van der Waals surface area (Å²) < 4.78 is 5.26. The first-order chi connectivity index (χ1) is 11.5. The Labute approximate surface area is 145 Å². The Bertz CT molecular complexity index is 556. The van der Waals surface area contributed by atoms with Crippen molar-refractivity contribution in [3.05, 3.63) is 23.8 Å². The predicted octanol–water partition coefficient (Wildman–Crippen LogP) is 2.75. The van der Waals surface area contributed by atoms with E-state index in [2.05, 4.69) is 34.8 Å². The number of amides is 1. The number of nitrogens with zero attached hydrogens (tertiary/aromatic N) is 1. The first-order valence-corrected chi connectivity index (χ1v) is 8.35. The first-order valence-electron chi connectivity index (χ1n) is 8.35. The fourth-order valence-electron chi connectivity index (χ4n) is 2.28. The van der Waals surface area contributed by atoms with Gasteiger partial charge in [-0.15, -0.1) is 0 Å². The second-order valence-electron chi connectivity index (χ2n) is 6.10. The van der Waals surface area contributed by atoms with Gasteiger partial charge in [-0.25, -0.2) is 0 Å². The summed E-state index contributed by atoms with van der Waals surface area (Å²) in [6, 6.07) is 5.71. The fraction of sp³-hybridized carbons (Fsp3) is 0.556. The summed E-state index contributed by atoms with van der Waals surface area (Å²) in [5, 5.41) is 9.37. The molecule has 6 heteroatoms. The minimum Gasteiger partial charge on any atom is -0.495 e. The number of anilines is 1. The highest BCUT2D eigenvalue weighted by Crippen LogP contribution is 2.25. The van der Waals surface area contributed by atoms with E-state index in [9.17, 15) is 4.79 Å². The standard InChI is InChI=1S/C18H30N4O2/c1-13(2)7-6-10-20-18(19-4)21-12-15-8-9-17(24-5)16(11-15)22-14(3)23/h8-9,11,13H,6-7,10,12H2,1-5H3,(H,22,23)(H2,19,20,21). The van der Waals surface area contributed by atoms with Crippen LogP contribution in [0, 0.1) is 5.92 Å². The van der Waals surface area contributed by atoms with Crippen molar-refractivity contribution in [3.63, 3.8) is 0 Å². The molecule has 1 aromatic rings. The van der Waals surface area contributed by atoms with Gasteiger partial charge in [0.25, 0.3) is 0 Å². The summed E-state index contributed by atoms with van der Waals surface area (Å²) in [7, 11) is 3.34. The molecule has 0 unspecified atom stereocenters. The van der Waals surface area contributed by atoms with Crippen LogP contribution in [0.5, 0.6) is 5.75 Å². The molecule has 0 spiro atoms. The summed E-state index contributed by atoms with van der Waals surface area (Å²) in [5.74, 6) is 2.01. The molecule has 0 aliphatic heterocycles. The quantitative estimate of drug-likeness (QED) is 0.388. The van der Waals surface area contributed by atoms with Gasteiger partial charge >= 0.3 is 0 Å². The summed E-state index contributed by atoms with van der Waals surface area (Å²) in [5.41, 5.74) is 1.70. The minimum atomic E-state index is -0.124. The molecule has 0 radical (unpaired) electrons. The molecule has 134 valence electrons. The minimum absolute atomic E-state index is 0.124. The lowest BCUT2D eigenvalue weighted by atomic mass is 10.1. The van der Waals surface area contributed by atoms with Crippen LogP contribution in [0.4, 0.5) is 5.69 Å². The van der Waals surface area contributed by atoms with E-state index < -0.39 is 0 Å². The van der Waals surface area contributed by atoms with Crippen LogP contribution in [0.2, 0.25) is 0 Å². The van der Waals surface area contributed by atoms with Crippen molar-refractivity contribution in [1.29, 1.82) is 0 Å². The summed E-state index contributed by atoms with van der Waals surface area (Å²) >= 11 is 0. The van der Waals surface area contributed by atoms with Crippen LogP contribution in [0.15, 0.2) is 23.2 Å². The monoisotopic (exact) mass is 334 g/mol. The van der Waals surface area contributed by atoms with E-state index in [-0.39, 0.29) is 5.91 Å². The van der Waals surface area contributed by atoms with Gasteiger partial charge < -0.3 is 20.7 Å². The third-order valence-electron chi connectivity index (χ3n) is 3.51. The number of ether oxygens (including phenoxy) is 1. The maximum absolute atomic E-state index is 11.3. The zero-order valence-electron chi connectivity index (χ0n) is 15.4. The number of rotatable bonds is 8. The van der Waals surface area contributed by atoms with E-state index in [1.165, 1.54) is 13.3 Å². The first kappa shape index (κ1) is 19.8. The lowest BCUT2D eigenvalue weighted by Gasteiger charge is -2.14. The highest BCUT2D eigenvalue weighted by Gasteiger charge is 2.06. The van der Waals surface area contributed by atoms with E-state index in [4.69, 9.17) is 4.74 Å². The van der Waals surface area contributed by atoms with Crippen LogP contribution in [0.25, 0.3) is 0 Å². The third-order valence-corrected chi connectivity index (χ3v) is 3.51. The topological polar surface area (TPSA) is 74.8 Å². The number of guanidine groups is 1. The van der Waals surface area contributed by atoms with Crippen molar-refractivity contribution in [2.75, 3.05) is 26.0 Å². The van der Waals surface area contributed by atoms with Crippen LogP contribution in [-0.2, 0) is 11.3 Å². The molecule has 1 rings (SSSR count). The van der Waals surface area contributed by atoms with Gasteiger partial charge in [0.05, 0.1) is 12.8 Å². The Morgan fingerprint density at radius 3 is 2.62 bits per heavy atom. The predicted molar refractivity (Wildman–Crippen MR) is 99.6 cm³/mol. The molecule has 0 aromatic heterocycles. The molecule has 0 aliphatic carbocycles. The van der Waals surface area contributed by atoms with Crippen molar-refractivity contribution >= 4 is 17.6 Å². The summed E-state index contributed by atoms with van der Waals surface area (Å²) in [6.45, 7) is 7.44. The molecule has 6 nitrogen and oxygen atoms in total. The van der Waals surface area contributed by atoms with Crippen molar-refractivity contribution in [2.45, 2.75) is 40.2 Å². The van der Waals surface area contributed by atoms with Crippen molar-refractivity contribution < 1.29 is 9.53 Å². The molecule has 0 atom stereocenters. The molecule has 0 saturated carbocycles. The highest BCUT2D eigenvalue weighted by atomic mass is 16.5. The van der Waals surface area contributed by atoms with Crippen LogP contribution in [-0.4, -0.2) is 32.6 Å². The Kier molecular flexibility index (Phi) is 8.68. The Morgan fingerprint density at radius 1 is 1.29 bits per heavy atom. The number of hydrogen-bond donors (Lipinski definition) is 3. The molecule has 1 aromatic carbocycles. The smallest absolute Gasteiger partial charge is 0.221 e. The number of carbonyl (C=O) groups excluding carboxylic acids is 1. The molecule has 3 N–H and O–H groups in total. The molecule has 1 amide bonds. The van der Waals surface area contributed by atoms with Crippen LogP contribution >= 0.6 is 0 Å². The molecule has 0 heterocycles. The average Bonchev–Trinajstić information content (AvgIpc) is 2.53. The van der Waals surface area contributed by atoms with E-state index in [1.807, 2.05) is 18.2 Å². The average molecular weight is 334 g/mol. The lowest BCUT2D eigenvalue weighted by Crippen LogP contribution is -2.37. The molecule has 24 heavy (non-hydrogen) atoms. The maximum Gasteiger partial charge on any atom is 0.221 e. The van der Waals surface area contributed by atoms with Crippen LogP contribution in [0.1, 0.15) is 39.2 Å². The number of benzene rings is 1. The van der Waals surface area contributed by atoms with Crippen molar-refractivity contribution in [3.8, 4) is 5.75 Å². The second-order valence-corrected chi connectivity index (χ2v) is 6.10. The number of nitrogens with one attached hydrogen (secondary N) is 3. The van der Waals surface area contributed by atoms with Gasteiger partial charge in [-0.3, -0.25) is 9.79 Å². The molecule has 0 aliphatic rings. The molecule has 0 bridgehead atoms. The van der Waals surface area contributed by atoms with Gasteiger partial charge in [0.1, 0.15) is 5.75 Å². The number of hydrogen-bond acceptors (Lipinski definition) is 3. The summed E-state index contributed by atoms with van der Waals surface area (Å²) in [6.07, 6.45) is 2.32. The highest BCUT2D eigenvalue weighted by molar-refractivity contribution is 5.90. The Morgan fingerprint density at radius 2 is 2.04 bits per heavy atom. The molecule has 0 saturated heterocycles. The Hall–Kier alpha value is -2.24. The molecule has 0 fully saturated rings. The van der Waals surface area contributed by atoms with E-state index in [1.54, 1.807) is 14.2 Å². The number of carbonyl (C=O) groups is 1. The van der Waals surface area contributed by atoms with Gasteiger partial charge in [-0.05, 0) is 36.5 Å². The maximum atomic E-state index is 11.3. The second kappa shape index (κ2) is 10.5. The molecular weight excluding hydrogens is 304 g/mol. The normalized spacial score (nSPS) is 11.3. The van der Waals surface area contributed by atoms with Gasteiger partial charge in [0, 0.05) is 27.1 Å². The third kappa shape index (κ3) is 7.35.